The fourth-order valence-corrected chi connectivity index (χ4v) is 1.78. The van der Waals surface area contributed by atoms with Gasteiger partial charge in [-0.15, -0.1) is 0 Å². The number of methoxy groups -OCH3 is 1. The number of hydrogen-bond donors (Lipinski definition) is 1. The molecule has 102 valence electrons. The van der Waals surface area contributed by atoms with E-state index in [0.29, 0.717) is 6.10 Å². The summed E-state index contributed by atoms with van der Waals surface area (Å²) in [6.45, 7) is 6.77. The summed E-state index contributed by atoms with van der Waals surface area (Å²) in [6.07, 6.45) is 2.42. The van der Waals surface area contributed by atoms with Crippen LogP contribution in [0.2, 0.25) is 0 Å². The molecule has 0 amide bonds. The Morgan fingerprint density at radius 2 is 2.00 bits per heavy atom. The van der Waals surface area contributed by atoms with Gasteiger partial charge in [0.1, 0.15) is 5.75 Å². The van der Waals surface area contributed by atoms with E-state index in [9.17, 15) is 0 Å². The van der Waals surface area contributed by atoms with E-state index >= 15 is 0 Å². The molecule has 0 unspecified atom stereocenters. The standard InChI is InChI=1S/C15H25NO2/c1-4-14(5-2)18-15-8-6-7-13(11-15)12-16-9-10-17-3/h6-8,11,14,16H,4-5,9-10,12H2,1-3H3. The van der Waals surface area contributed by atoms with Crippen molar-refractivity contribution in [2.24, 2.45) is 0 Å². The molecule has 0 saturated carbocycles. The lowest BCUT2D eigenvalue weighted by Gasteiger charge is -2.16. The van der Waals surface area contributed by atoms with Crippen LogP contribution in [0.1, 0.15) is 32.3 Å². The van der Waals surface area contributed by atoms with E-state index in [1.807, 2.05) is 12.1 Å². The average molecular weight is 251 g/mol. The predicted octanol–water partition coefficient (Wildman–Crippen LogP) is 2.99. The van der Waals surface area contributed by atoms with Crippen molar-refractivity contribution in [3.63, 3.8) is 0 Å². The van der Waals surface area contributed by atoms with Gasteiger partial charge in [0.25, 0.3) is 0 Å². The number of ether oxygens (including phenoxy) is 2. The fourth-order valence-electron chi connectivity index (χ4n) is 1.78. The number of hydrogen-bond acceptors (Lipinski definition) is 3. The minimum absolute atomic E-state index is 0.321. The van der Waals surface area contributed by atoms with Gasteiger partial charge in [-0.05, 0) is 30.5 Å². The van der Waals surface area contributed by atoms with Gasteiger partial charge in [0, 0.05) is 20.2 Å². The molecule has 0 atom stereocenters. The molecule has 0 aliphatic heterocycles. The van der Waals surface area contributed by atoms with Crippen LogP contribution in [0.25, 0.3) is 0 Å². The summed E-state index contributed by atoms with van der Waals surface area (Å²) in [7, 11) is 1.71. The van der Waals surface area contributed by atoms with Crippen molar-refractivity contribution in [3.8, 4) is 5.75 Å². The second kappa shape index (κ2) is 8.95. The van der Waals surface area contributed by atoms with E-state index in [-0.39, 0.29) is 0 Å². The molecular weight excluding hydrogens is 226 g/mol. The summed E-state index contributed by atoms with van der Waals surface area (Å²) in [5, 5.41) is 3.33. The zero-order valence-corrected chi connectivity index (χ0v) is 11.7. The molecular formula is C15H25NO2. The van der Waals surface area contributed by atoms with Crippen molar-refractivity contribution in [2.45, 2.75) is 39.3 Å². The summed E-state index contributed by atoms with van der Waals surface area (Å²) in [5.41, 5.74) is 1.24. The highest BCUT2D eigenvalue weighted by molar-refractivity contribution is 5.28. The molecule has 0 aliphatic carbocycles. The first-order valence-corrected chi connectivity index (χ1v) is 6.75. The van der Waals surface area contributed by atoms with Crippen LogP contribution < -0.4 is 10.1 Å². The van der Waals surface area contributed by atoms with Crippen LogP contribution in [0.3, 0.4) is 0 Å². The van der Waals surface area contributed by atoms with E-state index in [1.54, 1.807) is 7.11 Å². The lowest BCUT2D eigenvalue weighted by atomic mass is 10.2. The van der Waals surface area contributed by atoms with E-state index in [1.165, 1.54) is 5.56 Å². The van der Waals surface area contributed by atoms with Gasteiger partial charge >= 0.3 is 0 Å². The molecule has 1 rings (SSSR count). The molecule has 0 fully saturated rings. The van der Waals surface area contributed by atoms with Crippen LogP contribution in [-0.4, -0.2) is 26.4 Å². The van der Waals surface area contributed by atoms with Crippen molar-refractivity contribution in [3.05, 3.63) is 29.8 Å². The first kappa shape index (κ1) is 15.0. The molecule has 0 heterocycles. The molecule has 3 nitrogen and oxygen atoms in total. The van der Waals surface area contributed by atoms with Crippen molar-refractivity contribution >= 4 is 0 Å². The quantitative estimate of drug-likeness (QED) is 0.684. The SMILES string of the molecule is CCC(CC)Oc1cccc(CNCCOC)c1. The second-order valence-electron chi connectivity index (χ2n) is 4.37. The Bertz CT molecular complexity index is 324. The highest BCUT2D eigenvalue weighted by atomic mass is 16.5. The summed E-state index contributed by atoms with van der Waals surface area (Å²) in [6, 6.07) is 8.29. The van der Waals surface area contributed by atoms with Crippen molar-refractivity contribution in [1.29, 1.82) is 0 Å². The van der Waals surface area contributed by atoms with E-state index < -0.39 is 0 Å². The van der Waals surface area contributed by atoms with Gasteiger partial charge < -0.3 is 14.8 Å². The average Bonchev–Trinajstić information content (AvgIpc) is 2.41. The normalized spacial score (nSPS) is 10.9. The first-order valence-electron chi connectivity index (χ1n) is 6.75. The van der Waals surface area contributed by atoms with Gasteiger partial charge in [-0.1, -0.05) is 26.0 Å². The van der Waals surface area contributed by atoms with Crippen LogP contribution in [0, 0.1) is 0 Å². The summed E-state index contributed by atoms with van der Waals surface area (Å²) >= 11 is 0. The predicted molar refractivity (Wildman–Crippen MR) is 75.0 cm³/mol. The second-order valence-corrected chi connectivity index (χ2v) is 4.37. The lowest BCUT2D eigenvalue weighted by molar-refractivity contribution is 0.192. The molecule has 1 aromatic rings. The molecule has 0 aromatic heterocycles. The molecule has 1 aromatic carbocycles. The topological polar surface area (TPSA) is 30.5 Å². The third-order valence-electron chi connectivity index (χ3n) is 2.92. The Morgan fingerprint density at radius 3 is 2.67 bits per heavy atom. The van der Waals surface area contributed by atoms with Crippen molar-refractivity contribution in [1.82, 2.24) is 5.32 Å². The summed E-state index contributed by atoms with van der Waals surface area (Å²) in [5.74, 6) is 0.967. The molecule has 3 heteroatoms. The molecule has 1 N–H and O–H groups in total. The third-order valence-corrected chi connectivity index (χ3v) is 2.92. The maximum absolute atomic E-state index is 5.93. The van der Waals surface area contributed by atoms with Crippen LogP contribution in [0.4, 0.5) is 0 Å². The Balaban J connectivity index is 2.45. The summed E-state index contributed by atoms with van der Waals surface area (Å²) in [4.78, 5) is 0. The zero-order chi connectivity index (χ0) is 13.2. The number of rotatable bonds is 9. The molecule has 0 bridgehead atoms. The minimum atomic E-state index is 0.321. The van der Waals surface area contributed by atoms with Gasteiger partial charge in [-0.25, -0.2) is 0 Å². The largest absolute Gasteiger partial charge is 0.490 e. The van der Waals surface area contributed by atoms with Crippen LogP contribution in [0.15, 0.2) is 24.3 Å². The molecule has 0 aliphatic rings. The number of benzene rings is 1. The van der Waals surface area contributed by atoms with Crippen LogP contribution in [0.5, 0.6) is 5.75 Å². The maximum Gasteiger partial charge on any atom is 0.120 e. The number of nitrogens with one attached hydrogen (secondary N) is 1. The maximum atomic E-state index is 5.93. The Labute approximate surface area is 110 Å². The third kappa shape index (κ3) is 5.52. The van der Waals surface area contributed by atoms with Gasteiger partial charge in [0.05, 0.1) is 12.7 Å². The molecule has 0 saturated heterocycles. The van der Waals surface area contributed by atoms with Crippen LogP contribution >= 0.6 is 0 Å². The van der Waals surface area contributed by atoms with E-state index in [2.05, 4.69) is 31.3 Å². The van der Waals surface area contributed by atoms with Crippen molar-refractivity contribution in [2.75, 3.05) is 20.3 Å². The van der Waals surface area contributed by atoms with Gasteiger partial charge in [0.2, 0.25) is 0 Å². The zero-order valence-electron chi connectivity index (χ0n) is 11.7. The summed E-state index contributed by atoms with van der Waals surface area (Å²) < 4.78 is 10.9. The first-order chi connectivity index (χ1) is 8.80. The van der Waals surface area contributed by atoms with Gasteiger partial charge in [0.15, 0.2) is 0 Å². The smallest absolute Gasteiger partial charge is 0.120 e. The molecule has 0 spiro atoms. The molecule has 18 heavy (non-hydrogen) atoms. The Morgan fingerprint density at radius 1 is 1.22 bits per heavy atom. The van der Waals surface area contributed by atoms with Crippen LogP contribution in [-0.2, 0) is 11.3 Å². The van der Waals surface area contributed by atoms with E-state index in [4.69, 9.17) is 9.47 Å². The highest BCUT2D eigenvalue weighted by Crippen LogP contribution is 2.17. The minimum Gasteiger partial charge on any atom is -0.490 e. The highest BCUT2D eigenvalue weighted by Gasteiger charge is 2.05. The Kier molecular flexibility index (Phi) is 7.46. The van der Waals surface area contributed by atoms with Crippen molar-refractivity contribution < 1.29 is 9.47 Å². The monoisotopic (exact) mass is 251 g/mol. The Hall–Kier alpha value is -1.06. The fraction of sp³-hybridized carbons (Fsp3) is 0.600. The lowest BCUT2D eigenvalue weighted by Crippen LogP contribution is -2.18. The molecule has 0 radical (unpaired) electrons. The van der Waals surface area contributed by atoms with E-state index in [0.717, 1.165) is 38.3 Å². The van der Waals surface area contributed by atoms with Gasteiger partial charge in [-0.2, -0.15) is 0 Å². The van der Waals surface area contributed by atoms with Gasteiger partial charge in [-0.3, -0.25) is 0 Å².